The van der Waals surface area contributed by atoms with Crippen LogP contribution in [0, 0.1) is 0 Å². The number of hydrogen-bond acceptors (Lipinski definition) is 5. The Labute approximate surface area is 165 Å². The van der Waals surface area contributed by atoms with E-state index in [1.165, 1.54) is 17.2 Å². The lowest BCUT2D eigenvalue weighted by Crippen LogP contribution is -2.35. The lowest BCUT2D eigenvalue weighted by molar-refractivity contribution is 0.0710. The Morgan fingerprint density at radius 1 is 1.18 bits per heavy atom. The number of benzene rings is 2. The zero-order chi connectivity index (χ0) is 19.6. The topological polar surface area (TPSA) is 71.6 Å². The zero-order valence-corrected chi connectivity index (χ0v) is 16.6. The molecule has 0 bridgehead atoms. The molecule has 0 saturated carbocycles. The van der Waals surface area contributed by atoms with Gasteiger partial charge in [0.25, 0.3) is 0 Å². The summed E-state index contributed by atoms with van der Waals surface area (Å²) in [6, 6.07) is 14.8. The second-order valence-electron chi connectivity index (χ2n) is 7.15. The standard InChI is InChI=1S/C21H24N2O4S/c1-28(24,25)19-8-6-17(7-9-19)27-18-14-23(10-11-26-15-18)13-16-12-22-21-5-3-2-4-20(16)21/h2-9,12,18,22H,10-11,13-15H2,1H3/t18-/m1/s1. The zero-order valence-electron chi connectivity index (χ0n) is 15.8. The first-order valence-electron chi connectivity index (χ1n) is 9.31. The van der Waals surface area contributed by atoms with Crippen LogP contribution >= 0.6 is 0 Å². The quantitative estimate of drug-likeness (QED) is 0.713. The molecule has 1 atom stereocenters. The minimum absolute atomic E-state index is 0.114. The molecule has 1 saturated heterocycles. The van der Waals surface area contributed by atoms with Crippen molar-refractivity contribution in [3.05, 3.63) is 60.3 Å². The van der Waals surface area contributed by atoms with Gasteiger partial charge in [-0.3, -0.25) is 4.90 Å². The first kappa shape index (κ1) is 19.0. The van der Waals surface area contributed by atoms with Crippen LogP contribution in [0.25, 0.3) is 10.9 Å². The maximum Gasteiger partial charge on any atom is 0.175 e. The number of aromatic nitrogens is 1. The summed E-state index contributed by atoms with van der Waals surface area (Å²) in [5.41, 5.74) is 2.40. The number of nitrogens with zero attached hydrogens (tertiary/aromatic N) is 1. The fourth-order valence-electron chi connectivity index (χ4n) is 3.52. The lowest BCUT2D eigenvalue weighted by atomic mass is 10.1. The van der Waals surface area contributed by atoms with Gasteiger partial charge >= 0.3 is 0 Å². The summed E-state index contributed by atoms with van der Waals surface area (Å²) in [6.45, 7) is 3.58. The fraction of sp³-hybridized carbons (Fsp3) is 0.333. The van der Waals surface area contributed by atoms with Gasteiger partial charge in [-0.05, 0) is 35.9 Å². The predicted molar refractivity (Wildman–Crippen MR) is 108 cm³/mol. The molecule has 4 rings (SSSR count). The molecular formula is C21H24N2O4S. The van der Waals surface area contributed by atoms with Gasteiger partial charge in [0.15, 0.2) is 9.84 Å². The summed E-state index contributed by atoms with van der Waals surface area (Å²) in [5, 5.41) is 1.24. The Morgan fingerprint density at radius 2 is 1.96 bits per heavy atom. The van der Waals surface area contributed by atoms with Crippen molar-refractivity contribution in [3.8, 4) is 5.75 Å². The molecule has 7 heteroatoms. The summed E-state index contributed by atoms with van der Waals surface area (Å²) in [6.07, 6.45) is 3.15. The molecule has 1 aliphatic rings. The first-order chi connectivity index (χ1) is 13.5. The van der Waals surface area contributed by atoms with Crippen molar-refractivity contribution in [3.63, 3.8) is 0 Å². The van der Waals surface area contributed by atoms with Crippen molar-refractivity contribution >= 4 is 20.7 Å². The van der Waals surface area contributed by atoms with Crippen LogP contribution in [0.5, 0.6) is 5.75 Å². The van der Waals surface area contributed by atoms with E-state index in [9.17, 15) is 8.42 Å². The molecule has 1 N–H and O–H groups in total. The number of H-pyrrole nitrogens is 1. The van der Waals surface area contributed by atoms with Crippen LogP contribution in [-0.4, -0.2) is 57.0 Å². The van der Waals surface area contributed by atoms with Crippen LogP contribution in [0.2, 0.25) is 0 Å². The minimum Gasteiger partial charge on any atom is -0.487 e. The molecule has 0 spiro atoms. The Morgan fingerprint density at radius 3 is 2.75 bits per heavy atom. The van der Waals surface area contributed by atoms with Crippen molar-refractivity contribution in [2.45, 2.75) is 17.5 Å². The molecule has 2 heterocycles. The number of para-hydroxylation sites is 1. The highest BCUT2D eigenvalue weighted by Gasteiger charge is 2.21. The Hall–Kier alpha value is -2.35. The van der Waals surface area contributed by atoms with Crippen LogP contribution < -0.4 is 4.74 Å². The first-order valence-corrected chi connectivity index (χ1v) is 11.2. The van der Waals surface area contributed by atoms with Crippen molar-refractivity contribution in [1.29, 1.82) is 0 Å². The van der Waals surface area contributed by atoms with Crippen LogP contribution in [0.1, 0.15) is 5.56 Å². The van der Waals surface area contributed by atoms with Crippen LogP contribution in [0.4, 0.5) is 0 Å². The molecule has 2 aromatic carbocycles. The third-order valence-electron chi connectivity index (χ3n) is 4.94. The average Bonchev–Trinajstić information content (AvgIpc) is 2.94. The van der Waals surface area contributed by atoms with E-state index in [2.05, 4.69) is 34.3 Å². The van der Waals surface area contributed by atoms with E-state index in [1.807, 2.05) is 6.07 Å². The molecule has 1 aromatic heterocycles. The number of aromatic amines is 1. The normalized spacial score (nSPS) is 18.8. The van der Waals surface area contributed by atoms with Gasteiger partial charge in [0.1, 0.15) is 11.9 Å². The van der Waals surface area contributed by atoms with Crippen LogP contribution in [0.3, 0.4) is 0 Å². The molecule has 6 nitrogen and oxygen atoms in total. The van der Waals surface area contributed by atoms with E-state index < -0.39 is 9.84 Å². The molecule has 0 unspecified atom stereocenters. The molecule has 1 fully saturated rings. The summed E-state index contributed by atoms with van der Waals surface area (Å²) in [7, 11) is -3.21. The van der Waals surface area contributed by atoms with Gasteiger partial charge in [0, 0.05) is 43.0 Å². The van der Waals surface area contributed by atoms with E-state index in [-0.39, 0.29) is 11.0 Å². The maximum absolute atomic E-state index is 11.6. The highest BCUT2D eigenvalue weighted by atomic mass is 32.2. The molecule has 0 aliphatic carbocycles. The highest BCUT2D eigenvalue weighted by molar-refractivity contribution is 7.90. The Bertz CT molecular complexity index is 1040. The smallest absolute Gasteiger partial charge is 0.175 e. The summed E-state index contributed by atoms with van der Waals surface area (Å²) >= 11 is 0. The highest BCUT2D eigenvalue weighted by Crippen LogP contribution is 2.21. The van der Waals surface area contributed by atoms with E-state index in [0.717, 1.165) is 25.2 Å². The van der Waals surface area contributed by atoms with Gasteiger partial charge in [0.05, 0.1) is 18.1 Å². The van der Waals surface area contributed by atoms with Crippen LogP contribution in [0.15, 0.2) is 59.6 Å². The van der Waals surface area contributed by atoms with Gasteiger partial charge in [-0.15, -0.1) is 0 Å². The second kappa shape index (κ2) is 7.95. The predicted octanol–water partition coefficient (Wildman–Crippen LogP) is 2.85. The third-order valence-corrected chi connectivity index (χ3v) is 6.07. The molecule has 0 amide bonds. The number of rotatable bonds is 5. The van der Waals surface area contributed by atoms with Gasteiger partial charge in [-0.2, -0.15) is 0 Å². The number of nitrogens with one attached hydrogen (secondary N) is 1. The molecule has 148 valence electrons. The number of fused-ring (bicyclic) bond motifs is 1. The molecule has 3 aromatic rings. The van der Waals surface area contributed by atoms with Crippen molar-refractivity contribution in [2.75, 3.05) is 32.6 Å². The number of hydrogen-bond donors (Lipinski definition) is 1. The van der Waals surface area contributed by atoms with E-state index >= 15 is 0 Å². The minimum atomic E-state index is -3.21. The monoisotopic (exact) mass is 400 g/mol. The van der Waals surface area contributed by atoms with Crippen molar-refractivity contribution in [1.82, 2.24) is 9.88 Å². The van der Waals surface area contributed by atoms with E-state index in [1.54, 1.807) is 24.3 Å². The second-order valence-corrected chi connectivity index (χ2v) is 9.17. The van der Waals surface area contributed by atoms with E-state index in [0.29, 0.717) is 19.0 Å². The van der Waals surface area contributed by atoms with Crippen molar-refractivity contribution < 1.29 is 17.9 Å². The van der Waals surface area contributed by atoms with Gasteiger partial charge in [-0.1, -0.05) is 18.2 Å². The molecular weight excluding hydrogens is 376 g/mol. The number of ether oxygens (including phenoxy) is 2. The third kappa shape index (κ3) is 4.38. The van der Waals surface area contributed by atoms with Gasteiger partial charge in [-0.25, -0.2) is 8.42 Å². The molecule has 28 heavy (non-hydrogen) atoms. The summed E-state index contributed by atoms with van der Waals surface area (Å²) in [4.78, 5) is 5.94. The molecule has 1 aliphatic heterocycles. The van der Waals surface area contributed by atoms with Crippen molar-refractivity contribution in [2.24, 2.45) is 0 Å². The summed E-state index contributed by atoms with van der Waals surface area (Å²) in [5.74, 6) is 0.648. The SMILES string of the molecule is CS(=O)(=O)c1ccc(O[C@H]2COCCN(Cc3c[nH]c4ccccc34)C2)cc1. The Kier molecular flexibility index (Phi) is 5.39. The average molecular weight is 401 g/mol. The Balaban J connectivity index is 1.44. The number of sulfone groups is 1. The molecule has 0 radical (unpaired) electrons. The van der Waals surface area contributed by atoms with E-state index in [4.69, 9.17) is 9.47 Å². The van der Waals surface area contributed by atoms with Gasteiger partial charge in [0.2, 0.25) is 0 Å². The maximum atomic E-state index is 11.6. The van der Waals surface area contributed by atoms with Crippen LogP contribution in [-0.2, 0) is 21.1 Å². The summed E-state index contributed by atoms with van der Waals surface area (Å²) < 4.78 is 35.0. The largest absolute Gasteiger partial charge is 0.487 e. The van der Waals surface area contributed by atoms with Gasteiger partial charge < -0.3 is 14.5 Å². The fourth-order valence-corrected chi connectivity index (χ4v) is 4.15. The lowest BCUT2D eigenvalue weighted by Gasteiger charge is -2.24.